The van der Waals surface area contributed by atoms with E-state index in [1.807, 2.05) is 11.7 Å². The lowest BCUT2D eigenvalue weighted by Gasteiger charge is -1.98. The number of rotatable bonds is 3. The van der Waals surface area contributed by atoms with Crippen LogP contribution in [0.3, 0.4) is 0 Å². The maximum absolute atomic E-state index is 4.35. The van der Waals surface area contributed by atoms with Gasteiger partial charge < -0.3 is 4.98 Å². The van der Waals surface area contributed by atoms with Crippen LogP contribution in [0.5, 0.6) is 0 Å². The molecule has 0 fully saturated rings. The van der Waals surface area contributed by atoms with Crippen LogP contribution in [0.2, 0.25) is 0 Å². The van der Waals surface area contributed by atoms with E-state index >= 15 is 0 Å². The highest BCUT2D eigenvalue weighted by Crippen LogP contribution is 2.29. The fourth-order valence-electron chi connectivity index (χ4n) is 1.61. The van der Waals surface area contributed by atoms with E-state index < -0.39 is 0 Å². The largest absolute Gasteiger partial charge is 0.348 e. The van der Waals surface area contributed by atoms with Crippen molar-refractivity contribution in [1.82, 2.24) is 15.0 Å². The average molecular weight is 247 g/mol. The zero-order valence-corrected chi connectivity index (χ0v) is 10.0. The number of nitrogens with zero attached hydrogens (tertiary/aromatic N) is 2. The number of H-pyrrole nitrogens is 1. The molecule has 80 valence electrons. The van der Waals surface area contributed by atoms with E-state index in [9.17, 15) is 0 Å². The van der Waals surface area contributed by atoms with E-state index in [0.717, 1.165) is 17.8 Å². The molecule has 3 nitrogen and oxygen atoms in total. The molecule has 3 rings (SSSR count). The van der Waals surface area contributed by atoms with Gasteiger partial charge in [-0.15, -0.1) is 22.7 Å². The molecule has 3 aromatic rings. The first-order chi connectivity index (χ1) is 7.93. The number of nitrogens with one attached hydrogen (secondary N) is 1. The fraction of sp³-hybridized carbons (Fsp3) is 0.0909. The summed E-state index contributed by atoms with van der Waals surface area (Å²) >= 11 is 3.39. The first kappa shape index (κ1) is 9.74. The molecule has 0 aliphatic carbocycles. The summed E-state index contributed by atoms with van der Waals surface area (Å²) in [5.74, 6) is 0. The molecule has 1 N–H and O–H groups in total. The second-order valence-electron chi connectivity index (χ2n) is 3.38. The van der Waals surface area contributed by atoms with Crippen LogP contribution in [0.1, 0.15) is 10.6 Å². The zero-order valence-electron chi connectivity index (χ0n) is 8.38. The molecule has 0 amide bonds. The monoisotopic (exact) mass is 247 g/mol. The number of aromatic amines is 1. The lowest BCUT2D eigenvalue weighted by molar-refractivity contribution is 1.13. The molecule has 3 aromatic heterocycles. The van der Waals surface area contributed by atoms with Crippen LogP contribution < -0.4 is 0 Å². The van der Waals surface area contributed by atoms with Gasteiger partial charge in [-0.1, -0.05) is 0 Å². The summed E-state index contributed by atoms with van der Waals surface area (Å²) in [4.78, 5) is 12.8. The van der Waals surface area contributed by atoms with E-state index in [-0.39, 0.29) is 0 Å². The van der Waals surface area contributed by atoms with Gasteiger partial charge in [0, 0.05) is 34.1 Å². The molecule has 0 aliphatic heterocycles. The molecule has 0 spiro atoms. The van der Waals surface area contributed by atoms with E-state index in [1.165, 1.54) is 10.4 Å². The van der Waals surface area contributed by atoms with Crippen molar-refractivity contribution in [3.8, 4) is 11.3 Å². The third kappa shape index (κ3) is 1.79. The number of hydrogen-bond donors (Lipinski definition) is 1. The van der Waals surface area contributed by atoms with Crippen molar-refractivity contribution in [2.75, 3.05) is 0 Å². The Morgan fingerprint density at radius 3 is 3.12 bits per heavy atom. The number of thiazole rings is 1. The van der Waals surface area contributed by atoms with Crippen molar-refractivity contribution in [3.63, 3.8) is 0 Å². The number of thiophene rings is 1. The van der Waals surface area contributed by atoms with Crippen LogP contribution in [0.4, 0.5) is 0 Å². The summed E-state index contributed by atoms with van der Waals surface area (Å²) in [6, 6.07) is 2.13. The Labute approximate surface area is 101 Å². The molecular weight excluding hydrogens is 238 g/mol. The van der Waals surface area contributed by atoms with Gasteiger partial charge in [0.15, 0.2) is 0 Å². The van der Waals surface area contributed by atoms with Gasteiger partial charge in [-0.3, -0.25) is 0 Å². The molecule has 0 atom stereocenters. The van der Waals surface area contributed by atoms with Gasteiger partial charge in [0.05, 0.1) is 17.5 Å². The average Bonchev–Trinajstić information content (AvgIpc) is 2.98. The summed E-state index contributed by atoms with van der Waals surface area (Å²) in [7, 11) is 0. The van der Waals surface area contributed by atoms with E-state index in [0.29, 0.717) is 0 Å². The van der Waals surface area contributed by atoms with Crippen molar-refractivity contribution in [2.45, 2.75) is 6.42 Å². The topological polar surface area (TPSA) is 41.6 Å². The van der Waals surface area contributed by atoms with Gasteiger partial charge in [-0.05, 0) is 11.4 Å². The Kier molecular flexibility index (Phi) is 2.55. The molecule has 0 saturated heterocycles. The second-order valence-corrected chi connectivity index (χ2v) is 5.10. The van der Waals surface area contributed by atoms with Gasteiger partial charge in [-0.25, -0.2) is 9.97 Å². The Balaban J connectivity index is 1.94. The minimum absolute atomic E-state index is 0.893. The van der Waals surface area contributed by atoms with E-state index in [1.54, 1.807) is 29.0 Å². The third-order valence-corrected chi connectivity index (χ3v) is 3.87. The standard InChI is InChI=1S/C11H9N3S2/c1-2-16-11(3-8-4-12-6-13-8)9(1)10-5-15-7-14-10/h1-2,4-7H,3H2,(H,12,13). The van der Waals surface area contributed by atoms with Crippen molar-refractivity contribution in [3.05, 3.63) is 45.4 Å². The molecule has 0 bridgehead atoms. The maximum Gasteiger partial charge on any atom is 0.0921 e. The molecule has 5 heteroatoms. The van der Waals surface area contributed by atoms with E-state index in [4.69, 9.17) is 0 Å². The summed E-state index contributed by atoms with van der Waals surface area (Å²) in [6.45, 7) is 0. The highest BCUT2D eigenvalue weighted by atomic mass is 32.1. The van der Waals surface area contributed by atoms with Crippen LogP contribution in [0, 0.1) is 0 Å². The smallest absolute Gasteiger partial charge is 0.0921 e. The zero-order chi connectivity index (χ0) is 10.8. The molecule has 0 radical (unpaired) electrons. The van der Waals surface area contributed by atoms with Crippen LogP contribution in [0.15, 0.2) is 34.9 Å². The summed E-state index contributed by atoms with van der Waals surface area (Å²) in [5.41, 5.74) is 5.31. The Morgan fingerprint density at radius 2 is 2.38 bits per heavy atom. The number of imidazole rings is 1. The molecule has 16 heavy (non-hydrogen) atoms. The van der Waals surface area contributed by atoms with Crippen molar-refractivity contribution in [2.24, 2.45) is 0 Å². The van der Waals surface area contributed by atoms with Crippen LogP contribution >= 0.6 is 22.7 Å². The minimum Gasteiger partial charge on any atom is -0.348 e. The van der Waals surface area contributed by atoms with Crippen molar-refractivity contribution in [1.29, 1.82) is 0 Å². The van der Waals surface area contributed by atoms with Gasteiger partial charge in [-0.2, -0.15) is 0 Å². The van der Waals surface area contributed by atoms with Crippen LogP contribution in [-0.2, 0) is 6.42 Å². The van der Waals surface area contributed by atoms with E-state index in [2.05, 4.69) is 31.8 Å². The molecular formula is C11H9N3S2. The van der Waals surface area contributed by atoms with Crippen molar-refractivity contribution < 1.29 is 0 Å². The van der Waals surface area contributed by atoms with Crippen LogP contribution in [-0.4, -0.2) is 15.0 Å². The predicted molar refractivity (Wildman–Crippen MR) is 66.8 cm³/mol. The first-order valence-corrected chi connectivity index (χ1v) is 6.68. The highest BCUT2D eigenvalue weighted by molar-refractivity contribution is 7.10. The SMILES string of the molecule is c1ncc(Cc2sccc2-c2cscn2)[nH]1. The minimum atomic E-state index is 0.893. The molecule has 3 heterocycles. The lowest BCUT2D eigenvalue weighted by Crippen LogP contribution is -1.87. The lowest BCUT2D eigenvalue weighted by atomic mass is 10.1. The number of aromatic nitrogens is 3. The Morgan fingerprint density at radius 1 is 1.38 bits per heavy atom. The van der Waals surface area contributed by atoms with Gasteiger partial charge in [0.1, 0.15) is 0 Å². The predicted octanol–water partition coefficient (Wildman–Crippen LogP) is 3.19. The molecule has 0 saturated carbocycles. The second kappa shape index (κ2) is 4.19. The summed E-state index contributed by atoms with van der Waals surface area (Å²) in [5, 5.41) is 4.19. The normalized spacial score (nSPS) is 10.8. The van der Waals surface area contributed by atoms with Gasteiger partial charge in [0.25, 0.3) is 0 Å². The summed E-state index contributed by atoms with van der Waals surface area (Å²) < 4.78 is 0. The van der Waals surface area contributed by atoms with Crippen molar-refractivity contribution >= 4 is 22.7 Å². The Hall–Kier alpha value is -1.46. The Bertz CT molecular complexity index is 552. The molecule has 0 aliphatic rings. The third-order valence-electron chi connectivity index (χ3n) is 2.36. The summed E-state index contributed by atoms with van der Waals surface area (Å²) in [6.07, 6.45) is 4.47. The van der Waals surface area contributed by atoms with Gasteiger partial charge >= 0.3 is 0 Å². The fourth-order valence-corrected chi connectivity index (χ4v) is 3.06. The number of hydrogen-bond acceptors (Lipinski definition) is 4. The first-order valence-electron chi connectivity index (χ1n) is 4.85. The quantitative estimate of drug-likeness (QED) is 0.772. The van der Waals surface area contributed by atoms with Gasteiger partial charge in [0.2, 0.25) is 0 Å². The molecule has 0 unspecified atom stereocenters. The molecule has 0 aromatic carbocycles. The maximum atomic E-state index is 4.35. The van der Waals surface area contributed by atoms with Crippen LogP contribution in [0.25, 0.3) is 11.3 Å². The highest BCUT2D eigenvalue weighted by Gasteiger charge is 2.09.